The van der Waals surface area contributed by atoms with Crippen LogP contribution in [0.15, 0.2) is 30.4 Å². The minimum Gasteiger partial charge on any atom is -0.466 e. The van der Waals surface area contributed by atoms with Crippen molar-refractivity contribution in [1.29, 1.82) is 0 Å². The molecule has 2 heteroatoms. The van der Waals surface area contributed by atoms with Crippen LogP contribution >= 0.6 is 0 Å². The number of methoxy groups -OCH3 is 1. The van der Waals surface area contributed by atoms with Crippen molar-refractivity contribution in [3.63, 3.8) is 0 Å². The average molecular weight is 258 g/mol. The number of allylic oxidation sites excluding steroid dienone is 1. The molecule has 102 valence electrons. The molecule has 0 saturated heterocycles. The lowest BCUT2D eigenvalue weighted by atomic mass is 10.0. The molecule has 1 aromatic carbocycles. The van der Waals surface area contributed by atoms with Crippen LogP contribution in [0.4, 0.5) is 0 Å². The molecule has 0 saturated carbocycles. The van der Waals surface area contributed by atoms with E-state index in [9.17, 15) is 4.79 Å². The summed E-state index contributed by atoms with van der Waals surface area (Å²) in [7, 11) is 1.38. The molecule has 0 bridgehead atoms. The molecule has 0 atom stereocenters. The van der Waals surface area contributed by atoms with E-state index in [-0.39, 0.29) is 5.97 Å². The van der Waals surface area contributed by atoms with Crippen LogP contribution in [-0.4, -0.2) is 13.1 Å². The third kappa shape index (κ3) is 5.56. The topological polar surface area (TPSA) is 26.3 Å². The Balaban J connectivity index is 2.88. The van der Waals surface area contributed by atoms with Gasteiger partial charge in [0.2, 0.25) is 0 Å². The Labute approximate surface area is 115 Å². The summed E-state index contributed by atoms with van der Waals surface area (Å²) in [6.07, 6.45) is 11.1. The van der Waals surface area contributed by atoms with E-state index < -0.39 is 0 Å². The van der Waals surface area contributed by atoms with Crippen molar-refractivity contribution in [3.8, 4) is 0 Å². The lowest BCUT2D eigenvalue weighted by Gasteiger charge is -2.03. The number of aryl methyl sites for hydroxylation is 1. The summed E-state index contributed by atoms with van der Waals surface area (Å²) in [4.78, 5) is 11.1. The predicted octanol–water partition coefficient (Wildman–Crippen LogP) is 4.38. The number of carbonyl (C=O) groups excluding carboxylic acids is 1. The first-order valence-electron chi connectivity index (χ1n) is 6.70. The number of hydrogen-bond donors (Lipinski definition) is 0. The highest BCUT2D eigenvalue weighted by Gasteiger charge is 1.98. The van der Waals surface area contributed by atoms with Gasteiger partial charge in [0.1, 0.15) is 0 Å². The van der Waals surface area contributed by atoms with Crippen molar-refractivity contribution in [2.24, 2.45) is 0 Å². The Morgan fingerprint density at radius 3 is 2.74 bits per heavy atom. The van der Waals surface area contributed by atoms with Crippen molar-refractivity contribution < 1.29 is 9.53 Å². The zero-order chi connectivity index (χ0) is 14.1. The van der Waals surface area contributed by atoms with Gasteiger partial charge in [-0.15, -0.1) is 0 Å². The van der Waals surface area contributed by atoms with Gasteiger partial charge < -0.3 is 4.74 Å². The number of esters is 1. The Hall–Kier alpha value is -1.83. The summed E-state index contributed by atoms with van der Waals surface area (Å²) < 4.78 is 4.60. The summed E-state index contributed by atoms with van der Waals surface area (Å²) in [5.41, 5.74) is 3.38. The minimum absolute atomic E-state index is 0.332. The molecule has 0 heterocycles. The normalized spacial score (nSPS) is 11.3. The van der Waals surface area contributed by atoms with E-state index in [2.05, 4.69) is 36.8 Å². The molecule has 0 aliphatic carbocycles. The maximum absolute atomic E-state index is 11.1. The monoisotopic (exact) mass is 258 g/mol. The molecule has 1 aromatic rings. The quantitative estimate of drug-likeness (QED) is 0.430. The van der Waals surface area contributed by atoms with Gasteiger partial charge in [-0.1, -0.05) is 55.7 Å². The molecule has 0 aliphatic heterocycles. The SMILES string of the molecule is CCCC/C=C/c1cc(C)ccc1/C=C/C(=O)OC. The van der Waals surface area contributed by atoms with Crippen LogP contribution in [0.25, 0.3) is 12.2 Å². The first-order valence-corrected chi connectivity index (χ1v) is 6.70. The molecule has 19 heavy (non-hydrogen) atoms. The van der Waals surface area contributed by atoms with Crippen molar-refractivity contribution in [1.82, 2.24) is 0 Å². The molecule has 0 aromatic heterocycles. The summed E-state index contributed by atoms with van der Waals surface area (Å²) in [6, 6.07) is 6.19. The van der Waals surface area contributed by atoms with E-state index in [4.69, 9.17) is 0 Å². The van der Waals surface area contributed by atoms with Crippen molar-refractivity contribution in [3.05, 3.63) is 47.0 Å². The van der Waals surface area contributed by atoms with Gasteiger partial charge in [-0.2, -0.15) is 0 Å². The second kappa shape index (κ2) is 8.30. The van der Waals surface area contributed by atoms with Gasteiger partial charge in [0, 0.05) is 6.08 Å². The fourth-order valence-corrected chi connectivity index (χ4v) is 1.75. The Morgan fingerprint density at radius 1 is 1.26 bits per heavy atom. The largest absolute Gasteiger partial charge is 0.466 e. The minimum atomic E-state index is -0.332. The predicted molar refractivity (Wildman–Crippen MR) is 80.8 cm³/mol. The summed E-state index contributed by atoms with van der Waals surface area (Å²) in [6.45, 7) is 4.25. The molecule has 2 nitrogen and oxygen atoms in total. The van der Waals surface area contributed by atoms with Crippen LogP contribution in [0.5, 0.6) is 0 Å². The maximum atomic E-state index is 11.1. The molecular weight excluding hydrogens is 236 g/mol. The summed E-state index contributed by atoms with van der Waals surface area (Å²) in [5.74, 6) is -0.332. The Morgan fingerprint density at radius 2 is 2.05 bits per heavy atom. The Bertz CT molecular complexity index is 470. The van der Waals surface area contributed by atoms with Crippen LogP contribution in [0.3, 0.4) is 0 Å². The van der Waals surface area contributed by atoms with E-state index in [1.807, 2.05) is 12.1 Å². The number of carbonyl (C=O) groups is 1. The van der Waals surface area contributed by atoms with Crippen LogP contribution in [-0.2, 0) is 9.53 Å². The molecule has 0 spiro atoms. The molecule has 0 amide bonds. The molecule has 0 radical (unpaired) electrons. The van der Waals surface area contributed by atoms with Gasteiger partial charge in [-0.3, -0.25) is 0 Å². The third-order valence-electron chi connectivity index (χ3n) is 2.86. The van der Waals surface area contributed by atoms with Gasteiger partial charge in [0.15, 0.2) is 0 Å². The second-order valence-corrected chi connectivity index (χ2v) is 4.53. The lowest BCUT2D eigenvalue weighted by Crippen LogP contribution is -1.93. The second-order valence-electron chi connectivity index (χ2n) is 4.53. The number of benzene rings is 1. The van der Waals surface area contributed by atoms with E-state index in [1.165, 1.54) is 31.6 Å². The fourth-order valence-electron chi connectivity index (χ4n) is 1.75. The van der Waals surface area contributed by atoms with Gasteiger partial charge in [-0.25, -0.2) is 4.79 Å². The van der Waals surface area contributed by atoms with Crippen LogP contribution in [0.1, 0.15) is 42.9 Å². The standard InChI is InChI=1S/C17H22O2/c1-4-5-6-7-8-16-13-14(2)9-10-15(16)11-12-17(18)19-3/h7-13H,4-6H2,1-3H3/b8-7+,12-11+. The number of unbranched alkanes of at least 4 members (excludes halogenated alkanes) is 2. The van der Waals surface area contributed by atoms with Gasteiger partial charge in [0.25, 0.3) is 0 Å². The number of rotatable bonds is 6. The van der Waals surface area contributed by atoms with Crippen LogP contribution in [0, 0.1) is 6.92 Å². The molecule has 0 unspecified atom stereocenters. The van der Waals surface area contributed by atoms with E-state index in [0.29, 0.717) is 0 Å². The van der Waals surface area contributed by atoms with E-state index in [0.717, 1.165) is 17.5 Å². The van der Waals surface area contributed by atoms with Crippen LogP contribution in [0.2, 0.25) is 0 Å². The summed E-state index contributed by atoms with van der Waals surface area (Å²) in [5, 5.41) is 0. The highest BCUT2D eigenvalue weighted by atomic mass is 16.5. The molecular formula is C17H22O2. The molecule has 1 rings (SSSR count). The highest BCUT2D eigenvalue weighted by Crippen LogP contribution is 2.16. The van der Waals surface area contributed by atoms with Gasteiger partial charge >= 0.3 is 5.97 Å². The van der Waals surface area contributed by atoms with Crippen molar-refractivity contribution >= 4 is 18.1 Å². The van der Waals surface area contributed by atoms with Crippen molar-refractivity contribution in [2.45, 2.75) is 33.1 Å². The smallest absolute Gasteiger partial charge is 0.330 e. The highest BCUT2D eigenvalue weighted by molar-refractivity contribution is 5.87. The van der Waals surface area contributed by atoms with Gasteiger partial charge in [-0.05, 0) is 30.5 Å². The molecule has 0 fully saturated rings. The molecule has 0 aliphatic rings. The van der Waals surface area contributed by atoms with Crippen molar-refractivity contribution in [2.75, 3.05) is 7.11 Å². The Kier molecular flexibility index (Phi) is 6.65. The first-order chi connectivity index (χ1) is 9.17. The summed E-state index contributed by atoms with van der Waals surface area (Å²) >= 11 is 0. The average Bonchev–Trinajstić information content (AvgIpc) is 2.42. The zero-order valence-electron chi connectivity index (χ0n) is 12.0. The molecule has 0 N–H and O–H groups in total. The third-order valence-corrected chi connectivity index (χ3v) is 2.86. The maximum Gasteiger partial charge on any atom is 0.330 e. The first kappa shape index (κ1) is 15.2. The fraction of sp³-hybridized carbons (Fsp3) is 0.353. The number of ether oxygens (including phenoxy) is 1. The lowest BCUT2D eigenvalue weighted by molar-refractivity contribution is -0.134. The number of hydrogen-bond acceptors (Lipinski definition) is 2. The van der Waals surface area contributed by atoms with E-state index in [1.54, 1.807) is 6.08 Å². The van der Waals surface area contributed by atoms with E-state index >= 15 is 0 Å². The van der Waals surface area contributed by atoms with Gasteiger partial charge in [0.05, 0.1) is 7.11 Å². The zero-order valence-corrected chi connectivity index (χ0v) is 12.0. The van der Waals surface area contributed by atoms with Crippen LogP contribution < -0.4 is 0 Å².